The van der Waals surface area contributed by atoms with Crippen LogP contribution in [0.15, 0.2) is 76.3 Å². The van der Waals surface area contributed by atoms with Crippen molar-refractivity contribution < 1.29 is 19.4 Å². The highest BCUT2D eigenvalue weighted by Crippen LogP contribution is 2.30. The van der Waals surface area contributed by atoms with Crippen LogP contribution < -0.4 is 14.9 Å². The number of benzene rings is 3. The van der Waals surface area contributed by atoms with Crippen LogP contribution >= 0.6 is 15.9 Å². The molecule has 2 N–H and O–H groups in total. The lowest BCUT2D eigenvalue weighted by Gasteiger charge is -2.09. The van der Waals surface area contributed by atoms with Crippen molar-refractivity contribution in [3.63, 3.8) is 0 Å². The Bertz CT molecular complexity index is 1040. The third-order valence-electron chi connectivity index (χ3n) is 4.08. The third kappa shape index (κ3) is 5.84. The molecule has 0 atom stereocenters. The topological polar surface area (TPSA) is 80.2 Å². The van der Waals surface area contributed by atoms with E-state index in [1.54, 1.807) is 12.1 Å². The van der Waals surface area contributed by atoms with Crippen LogP contribution in [0.4, 0.5) is 0 Å². The molecule has 0 bridgehead atoms. The predicted octanol–water partition coefficient (Wildman–Crippen LogP) is 4.75. The number of carbonyl (C=O) groups is 1. The molecule has 3 aromatic carbocycles. The zero-order valence-corrected chi connectivity index (χ0v) is 17.9. The highest BCUT2D eigenvalue weighted by Gasteiger charge is 2.07. The number of phenols is 1. The normalized spacial score (nSPS) is 10.7. The summed E-state index contributed by atoms with van der Waals surface area (Å²) in [4.78, 5) is 12.0. The highest BCUT2D eigenvalue weighted by atomic mass is 79.9. The molecule has 0 aliphatic heterocycles. The van der Waals surface area contributed by atoms with Gasteiger partial charge in [-0.05, 0) is 69.9 Å². The van der Waals surface area contributed by atoms with Crippen molar-refractivity contribution in [1.82, 2.24) is 5.43 Å². The van der Waals surface area contributed by atoms with E-state index in [4.69, 9.17) is 9.47 Å². The van der Waals surface area contributed by atoms with Gasteiger partial charge in [0.15, 0.2) is 18.1 Å². The number of rotatable bonds is 8. The van der Waals surface area contributed by atoms with Gasteiger partial charge in [-0.2, -0.15) is 5.10 Å². The van der Waals surface area contributed by atoms with Gasteiger partial charge >= 0.3 is 0 Å². The summed E-state index contributed by atoms with van der Waals surface area (Å²) in [7, 11) is 0. The SMILES string of the molecule is CCOc1cc(/C=N/NC(=O)COc2ccc(-c3ccccc3)cc2Br)ccc1O. The number of carbonyl (C=O) groups excluding carboxylic acids is 1. The van der Waals surface area contributed by atoms with E-state index >= 15 is 0 Å². The molecule has 0 aromatic heterocycles. The Kier molecular flexibility index (Phi) is 7.45. The largest absolute Gasteiger partial charge is 0.504 e. The first-order valence-corrected chi connectivity index (χ1v) is 10.1. The lowest BCUT2D eigenvalue weighted by atomic mass is 10.1. The van der Waals surface area contributed by atoms with E-state index in [-0.39, 0.29) is 12.4 Å². The van der Waals surface area contributed by atoms with Crippen LogP contribution in [-0.4, -0.2) is 30.4 Å². The minimum absolute atomic E-state index is 0.0512. The summed E-state index contributed by atoms with van der Waals surface area (Å²) in [6.07, 6.45) is 1.46. The molecule has 7 heteroatoms. The minimum atomic E-state index is -0.394. The molecule has 0 heterocycles. The monoisotopic (exact) mass is 468 g/mol. The second kappa shape index (κ2) is 10.5. The van der Waals surface area contributed by atoms with Gasteiger partial charge in [0.2, 0.25) is 0 Å². The standard InChI is InChI=1S/C23H21BrN2O4/c1-2-29-22-12-16(8-10-20(22)27)14-25-26-23(28)15-30-21-11-9-18(13-19(21)24)17-6-4-3-5-7-17/h3-14,27H,2,15H2,1H3,(H,26,28)/b25-14+. The van der Waals surface area contributed by atoms with Crippen LogP contribution in [0.2, 0.25) is 0 Å². The number of hydrogen-bond donors (Lipinski definition) is 2. The van der Waals surface area contributed by atoms with Crippen molar-refractivity contribution >= 4 is 28.1 Å². The number of phenolic OH excluding ortho intramolecular Hbond substituents is 1. The Labute approximate surface area is 183 Å². The van der Waals surface area contributed by atoms with E-state index in [2.05, 4.69) is 26.5 Å². The number of nitrogens with one attached hydrogen (secondary N) is 1. The number of aromatic hydroxyl groups is 1. The average molecular weight is 469 g/mol. The van der Waals surface area contributed by atoms with E-state index in [9.17, 15) is 9.90 Å². The van der Waals surface area contributed by atoms with Crippen LogP contribution in [0, 0.1) is 0 Å². The lowest BCUT2D eigenvalue weighted by molar-refractivity contribution is -0.123. The van der Waals surface area contributed by atoms with Crippen molar-refractivity contribution in [1.29, 1.82) is 0 Å². The van der Waals surface area contributed by atoms with Gasteiger partial charge < -0.3 is 14.6 Å². The summed E-state index contributed by atoms with van der Waals surface area (Å²) in [5, 5.41) is 13.6. The first-order valence-electron chi connectivity index (χ1n) is 9.32. The molecular formula is C23H21BrN2O4. The average Bonchev–Trinajstić information content (AvgIpc) is 2.76. The first kappa shape index (κ1) is 21.4. The highest BCUT2D eigenvalue weighted by molar-refractivity contribution is 9.10. The maximum Gasteiger partial charge on any atom is 0.277 e. The molecule has 0 radical (unpaired) electrons. The fourth-order valence-corrected chi connectivity index (χ4v) is 3.16. The van der Waals surface area contributed by atoms with Gasteiger partial charge in [-0.3, -0.25) is 4.79 Å². The number of hydrogen-bond acceptors (Lipinski definition) is 5. The Balaban J connectivity index is 1.53. The molecule has 0 aliphatic carbocycles. The molecular weight excluding hydrogens is 448 g/mol. The smallest absolute Gasteiger partial charge is 0.277 e. The summed E-state index contributed by atoms with van der Waals surface area (Å²) in [6, 6.07) is 20.5. The minimum Gasteiger partial charge on any atom is -0.504 e. The summed E-state index contributed by atoms with van der Waals surface area (Å²) >= 11 is 3.48. The molecule has 3 rings (SSSR count). The van der Waals surface area contributed by atoms with Crippen molar-refractivity contribution in [3.05, 3.63) is 76.8 Å². The van der Waals surface area contributed by atoms with Crippen LogP contribution in [0.3, 0.4) is 0 Å². The molecule has 6 nitrogen and oxygen atoms in total. The second-order valence-electron chi connectivity index (χ2n) is 6.25. The second-order valence-corrected chi connectivity index (χ2v) is 7.11. The zero-order chi connectivity index (χ0) is 21.3. The van der Waals surface area contributed by atoms with Crippen molar-refractivity contribution in [2.75, 3.05) is 13.2 Å². The van der Waals surface area contributed by atoms with E-state index in [0.29, 0.717) is 23.7 Å². The van der Waals surface area contributed by atoms with Crippen molar-refractivity contribution in [2.24, 2.45) is 5.10 Å². The Morgan fingerprint density at radius 3 is 2.57 bits per heavy atom. The summed E-state index contributed by atoms with van der Waals surface area (Å²) in [5.74, 6) is 0.581. The molecule has 0 aliphatic rings. The molecule has 0 spiro atoms. The fourth-order valence-electron chi connectivity index (χ4n) is 2.66. The van der Waals surface area contributed by atoms with Gasteiger partial charge in [0.05, 0.1) is 17.3 Å². The number of amides is 1. The third-order valence-corrected chi connectivity index (χ3v) is 4.70. The first-order chi connectivity index (χ1) is 14.6. The van der Waals surface area contributed by atoms with Gasteiger partial charge in [0.1, 0.15) is 5.75 Å². The van der Waals surface area contributed by atoms with Crippen molar-refractivity contribution in [3.8, 4) is 28.4 Å². The fraction of sp³-hybridized carbons (Fsp3) is 0.130. The van der Waals surface area contributed by atoms with E-state index in [1.165, 1.54) is 12.3 Å². The summed E-state index contributed by atoms with van der Waals surface area (Å²) in [6.45, 7) is 2.08. The maximum atomic E-state index is 12.0. The lowest BCUT2D eigenvalue weighted by Crippen LogP contribution is -2.24. The molecule has 0 unspecified atom stereocenters. The Hall–Kier alpha value is -3.32. The molecule has 0 fully saturated rings. The predicted molar refractivity (Wildman–Crippen MR) is 120 cm³/mol. The van der Waals surface area contributed by atoms with Gasteiger partial charge in [-0.25, -0.2) is 5.43 Å². The molecule has 1 amide bonds. The molecule has 30 heavy (non-hydrogen) atoms. The quantitative estimate of drug-likeness (QED) is 0.369. The molecule has 0 saturated heterocycles. The molecule has 154 valence electrons. The van der Waals surface area contributed by atoms with Crippen LogP contribution in [0.5, 0.6) is 17.2 Å². The summed E-state index contributed by atoms with van der Waals surface area (Å²) < 4.78 is 11.6. The molecule has 3 aromatic rings. The Morgan fingerprint density at radius 1 is 1.03 bits per heavy atom. The van der Waals surface area contributed by atoms with Crippen molar-refractivity contribution in [2.45, 2.75) is 6.92 Å². The Morgan fingerprint density at radius 2 is 1.83 bits per heavy atom. The van der Waals surface area contributed by atoms with Crippen LogP contribution in [-0.2, 0) is 4.79 Å². The van der Waals surface area contributed by atoms with Gasteiger partial charge in [-0.15, -0.1) is 0 Å². The van der Waals surface area contributed by atoms with E-state index in [1.807, 2.05) is 55.5 Å². The number of ether oxygens (including phenoxy) is 2. The zero-order valence-electron chi connectivity index (χ0n) is 16.3. The van der Waals surface area contributed by atoms with E-state index < -0.39 is 5.91 Å². The number of halogens is 1. The molecule has 0 saturated carbocycles. The van der Waals surface area contributed by atoms with Gasteiger partial charge in [0.25, 0.3) is 5.91 Å². The van der Waals surface area contributed by atoms with Crippen LogP contribution in [0.25, 0.3) is 11.1 Å². The number of hydrazone groups is 1. The van der Waals surface area contributed by atoms with E-state index in [0.717, 1.165) is 15.6 Å². The van der Waals surface area contributed by atoms with Crippen LogP contribution in [0.1, 0.15) is 12.5 Å². The van der Waals surface area contributed by atoms with Gasteiger partial charge in [0, 0.05) is 0 Å². The summed E-state index contributed by atoms with van der Waals surface area (Å²) in [5.41, 5.74) is 5.23. The number of nitrogens with zero attached hydrogens (tertiary/aromatic N) is 1. The maximum absolute atomic E-state index is 12.0. The van der Waals surface area contributed by atoms with Gasteiger partial charge in [-0.1, -0.05) is 36.4 Å².